The van der Waals surface area contributed by atoms with E-state index in [1.807, 2.05) is 0 Å². The molecule has 0 spiro atoms. The Bertz CT molecular complexity index is 3180. The molecule has 0 saturated heterocycles. The van der Waals surface area contributed by atoms with Crippen molar-refractivity contribution < 1.29 is 75.9 Å². The highest BCUT2D eigenvalue weighted by Gasteiger charge is 2.33. The molecule has 3 amide bonds. The summed E-state index contributed by atoms with van der Waals surface area (Å²) in [5, 5.41) is 18.7. The molecule has 87 heavy (non-hydrogen) atoms. The average molecular weight is 1250 g/mol. The molecule has 0 radical (unpaired) electrons. The fourth-order valence-corrected chi connectivity index (χ4v) is 8.71. The zero-order valence-corrected chi connectivity index (χ0v) is 53.0. The van der Waals surface area contributed by atoms with Crippen molar-refractivity contribution >= 4 is 82.6 Å². The number of nitrogens with one attached hydrogen (secondary N) is 3. The molecule has 0 aliphatic carbocycles. The molecule has 5 N–H and O–H groups in total. The molecule has 0 aliphatic rings. The number of nitrogen functional groups attached to an aromatic ring is 1. The second-order valence-corrected chi connectivity index (χ2v) is 25.4. The number of carbonyl (C=O) groups excluding carboxylic acids is 8. The number of ketones is 1. The number of nitriles is 1. The van der Waals surface area contributed by atoms with Crippen molar-refractivity contribution in [2.45, 2.75) is 186 Å². The van der Waals surface area contributed by atoms with Crippen molar-refractivity contribution in [1.29, 1.82) is 5.26 Å². The summed E-state index contributed by atoms with van der Waals surface area (Å²) in [4.78, 5) is 119. The number of Topliss-reactive ketones (excluding diaryl/α,β-unsaturated/α-hetero) is 1. The highest BCUT2D eigenvalue weighted by Crippen LogP contribution is 2.42. The van der Waals surface area contributed by atoms with Gasteiger partial charge in [-0.1, -0.05) is 42.4 Å². The second kappa shape index (κ2) is 31.3. The van der Waals surface area contributed by atoms with E-state index in [0.717, 1.165) is 11.8 Å². The second-order valence-electron chi connectivity index (χ2n) is 24.0. The summed E-state index contributed by atoms with van der Waals surface area (Å²) in [6, 6.07) is 11.1. The Morgan fingerprint density at radius 3 is 1.78 bits per heavy atom. The first-order valence-corrected chi connectivity index (χ1v) is 29.1. The number of halogens is 1. The lowest BCUT2D eigenvalue weighted by Gasteiger charge is -2.25. The van der Waals surface area contributed by atoms with Gasteiger partial charge in [-0.15, -0.1) is 0 Å². The number of ether oxygens (including phenoxy) is 7. The Morgan fingerprint density at radius 2 is 1.25 bits per heavy atom. The molecule has 2 heterocycles. The van der Waals surface area contributed by atoms with E-state index in [1.165, 1.54) is 32.2 Å². The van der Waals surface area contributed by atoms with Crippen LogP contribution in [0, 0.1) is 23.8 Å². The molecule has 4 aromatic rings. The lowest BCUT2D eigenvalue weighted by atomic mass is 9.97. The molecule has 26 heteroatoms. The van der Waals surface area contributed by atoms with Crippen LogP contribution in [0.1, 0.15) is 140 Å². The van der Waals surface area contributed by atoms with E-state index in [4.69, 9.17) is 61.5 Å². The van der Waals surface area contributed by atoms with E-state index in [1.54, 1.807) is 119 Å². The zero-order valence-electron chi connectivity index (χ0n) is 51.4. The first-order valence-electron chi connectivity index (χ1n) is 27.7. The maximum absolute atomic E-state index is 13.9. The van der Waals surface area contributed by atoms with Gasteiger partial charge in [-0.05, 0) is 145 Å². The number of anilines is 1. The molecule has 24 nitrogen and oxygen atoms in total. The fourth-order valence-electron chi connectivity index (χ4n) is 7.71. The first kappa shape index (κ1) is 71.1. The molecule has 4 rings (SSSR count). The number of esters is 4. The number of hydrogen-bond acceptors (Lipinski definition) is 21. The van der Waals surface area contributed by atoms with Crippen molar-refractivity contribution in [2.75, 3.05) is 18.9 Å². The van der Waals surface area contributed by atoms with Crippen LogP contribution in [0.15, 0.2) is 64.2 Å². The molecule has 0 saturated carbocycles. The van der Waals surface area contributed by atoms with E-state index >= 15 is 0 Å². The van der Waals surface area contributed by atoms with Crippen LogP contribution in [0.5, 0.6) is 5.75 Å². The van der Waals surface area contributed by atoms with E-state index in [2.05, 4.69) is 36.8 Å². The zero-order chi connectivity index (χ0) is 65.2. The van der Waals surface area contributed by atoms with Gasteiger partial charge in [0.15, 0.2) is 11.9 Å². The number of aromatic nitrogens is 2. The molecule has 5 atom stereocenters. The number of alkyl carbamates (subject to hydrolysis) is 2. The largest absolute Gasteiger partial charge is 0.490 e. The topological polar surface area (TPSA) is 330 Å². The quantitative estimate of drug-likeness (QED) is 0.0196. The Kier molecular flexibility index (Phi) is 25.6. The highest BCUT2D eigenvalue weighted by atomic mass is 35.5. The minimum Gasteiger partial charge on any atom is -0.490 e. The Balaban J connectivity index is 1.59. The number of carbonyl (C=O) groups is 8. The summed E-state index contributed by atoms with van der Waals surface area (Å²) in [6.07, 6.45) is -3.32. The third-order valence-electron chi connectivity index (χ3n) is 11.5. The summed E-state index contributed by atoms with van der Waals surface area (Å²) < 4.78 is 44.6. The fraction of sp³-hybridized carbons (Fsp3) is 0.508. The summed E-state index contributed by atoms with van der Waals surface area (Å²) >= 11 is 7.19. The van der Waals surface area contributed by atoms with Crippen molar-refractivity contribution in [1.82, 2.24) is 25.9 Å². The SMILES string of the molecule is [C-]#[N+]c1c(N)nc(SCc2coc(-c3ccc(Cl)cc3)n2)c(C#N)c1-c1ccc(OC[C@@H](COC(=O)[C@H](C)CC(=O)[C@H](CCC(=O)OC(C)(C)C)NC(=O)OC(C)(C)C)OC(=O)[C@H](C)NC(=O)[C@H](CCC(=O)OC(C)(C)C)NC(=O)OC(C)(C)C)cc1. The van der Waals surface area contributed by atoms with Crippen LogP contribution in [0.2, 0.25) is 5.02 Å². The minimum atomic E-state index is -1.43. The van der Waals surface area contributed by atoms with E-state index in [-0.39, 0.29) is 64.8 Å². The smallest absolute Gasteiger partial charge is 0.408 e. The van der Waals surface area contributed by atoms with Crippen molar-refractivity contribution in [3.05, 3.63) is 82.5 Å². The van der Waals surface area contributed by atoms with Crippen LogP contribution in [0.4, 0.5) is 21.1 Å². The predicted octanol–water partition coefficient (Wildman–Crippen LogP) is 10.3. The van der Waals surface area contributed by atoms with E-state index in [0.29, 0.717) is 27.7 Å². The number of amides is 3. The molecule has 0 bridgehead atoms. The first-order chi connectivity index (χ1) is 40.4. The lowest BCUT2D eigenvalue weighted by Crippen LogP contribution is -2.52. The Hall–Kier alpha value is -8.42. The Morgan fingerprint density at radius 1 is 0.724 bits per heavy atom. The molecular weight excluding hydrogens is 1170 g/mol. The molecular formula is C61H77ClN8O16S. The molecule has 2 aromatic heterocycles. The Labute approximate surface area is 515 Å². The number of pyridine rings is 1. The summed E-state index contributed by atoms with van der Waals surface area (Å²) in [6.45, 7) is 29.2. The maximum Gasteiger partial charge on any atom is 0.408 e. The van der Waals surface area contributed by atoms with Gasteiger partial charge in [-0.25, -0.2) is 29.2 Å². The van der Waals surface area contributed by atoms with Crippen molar-refractivity contribution in [2.24, 2.45) is 5.92 Å². The van der Waals surface area contributed by atoms with Gasteiger partial charge in [-0.2, -0.15) is 5.26 Å². The van der Waals surface area contributed by atoms with Gasteiger partial charge in [0.05, 0.1) is 29.8 Å². The standard InChI is InChI=1S/C61H77ClN8O16S/c1-34(28-45(71)43(68-56(77)85-60(9,10)11)24-26-46(72)83-58(3,4)5)54(75)81-32-41(82-55(76)35(2)66-51(74)44(69-57(78)86-61(12,13)14)25-27-47(73)84-59(6,7)8)31-79-40-22-18-36(19-23-40)48-42(29-63)53(70-50(64)49(48)65-15)87-33-39-30-80-52(67-39)37-16-20-38(62)21-17-37/h16-23,30,34-35,41,43-44H,24-28,31-33H2,1-14H3,(H2,64,70)(H,66,74)(H,68,77)(H,69,78)/t34-,35+,41+,43+,44+/m1/s1. The number of rotatable bonds is 26. The summed E-state index contributed by atoms with van der Waals surface area (Å²) in [7, 11) is 0. The van der Waals surface area contributed by atoms with Gasteiger partial charge in [0.1, 0.15) is 76.6 Å². The van der Waals surface area contributed by atoms with Crippen molar-refractivity contribution in [3.63, 3.8) is 0 Å². The molecule has 0 fully saturated rings. The predicted molar refractivity (Wildman–Crippen MR) is 321 cm³/mol. The van der Waals surface area contributed by atoms with Gasteiger partial charge in [0.25, 0.3) is 0 Å². The monoisotopic (exact) mass is 1240 g/mol. The molecule has 0 unspecified atom stereocenters. The number of hydrogen-bond donors (Lipinski definition) is 4. The summed E-state index contributed by atoms with van der Waals surface area (Å²) in [5.41, 5.74) is 4.57. The van der Waals surface area contributed by atoms with Crippen LogP contribution in [-0.4, -0.2) is 118 Å². The average Bonchev–Trinajstić information content (AvgIpc) is 1.20. The van der Waals surface area contributed by atoms with Gasteiger partial charge in [0.2, 0.25) is 17.5 Å². The lowest BCUT2D eigenvalue weighted by molar-refractivity contribution is -0.164. The number of nitrogens with zero attached hydrogens (tertiary/aromatic N) is 4. The molecule has 2 aromatic carbocycles. The van der Waals surface area contributed by atoms with Crippen LogP contribution in [0.25, 0.3) is 27.4 Å². The van der Waals surface area contributed by atoms with Crippen LogP contribution in [-0.2, 0) is 62.9 Å². The maximum atomic E-state index is 13.9. The van der Waals surface area contributed by atoms with Gasteiger partial charge in [0, 0.05) is 41.2 Å². The summed E-state index contributed by atoms with van der Waals surface area (Å²) in [5.74, 6) is -5.33. The van der Waals surface area contributed by atoms with E-state index < -0.39 is 120 Å². The number of nitrogens with two attached hydrogens (primary N) is 1. The number of benzene rings is 2. The van der Waals surface area contributed by atoms with Crippen LogP contribution < -0.4 is 26.4 Å². The minimum absolute atomic E-state index is 0.0619. The third-order valence-corrected chi connectivity index (χ3v) is 12.7. The van der Waals surface area contributed by atoms with Crippen LogP contribution in [0.3, 0.4) is 0 Å². The number of thioether (sulfide) groups is 1. The van der Waals surface area contributed by atoms with Crippen LogP contribution >= 0.6 is 23.4 Å². The molecule has 0 aliphatic heterocycles. The van der Waals surface area contributed by atoms with Gasteiger partial charge < -0.3 is 59.3 Å². The normalized spacial score (nSPS) is 13.3. The third kappa shape index (κ3) is 24.8. The highest BCUT2D eigenvalue weighted by molar-refractivity contribution is 7.98. The molecule has 470 valence electrons. The van der Waals surface area contributed by atoms with Crippen molar-refractivity contribution in [3.8, 4) is 34.4 Å². The number of oxazole rings is 1. The van der Waals surface area contributed by atoms with Gasteiger partial charge >= 0.3 is 36.1 Å². The van der Waals surface area contributed by atoms with Gasteiger partial charge in [-0.3, -0.25) is 24.0 Å². The van der Waals surface area contributed by atoms with E-state index in [9.17, 15) is 43.6 Å².